The normalized spacial score (nSPS) is 27.8. The van der Waals surface area contributed by atoms with Crippen LogP contribution in [0.3, 0.4) is 0 Å². The summed E-state index contributed by atoms with van der Waals surface area (Å²) in [5, 5.41) is 8.18. The molecule has 23 heavy (non-hydrogen) atoms. The van der Waals surface area contributed by atoms with Crippen LogP contribution in [0.2, 0.25) is 0 Å². The average molecular weight is 336 g/mol. The van der Waals surface area contributed by atoms with Gasteiger partial charge in [-0.15, -0.1) is 0 Å². The molecule has 0 aliphatic heterocycles. The summed E-state index contributed by atoms with van der Waals surface area (Å²) < 4.78 is 22.4. The third kappa shape index (κ3) is 3.75. The summed E-state index contributed by atoms with van der Waals surface area (Å²) in [6, 6.07) is 6.37. The molecule has 0 spiro atoms. The van der Waals surface area contributed by atoms with E-state index in [-0.39, 0.29) is 23.3 Å². The van der Waals surface area contributed by atoms with E-state index >= 15 is 0 Å². The molecule has 0 aromatic heterocycles. The van der Waals surface area contributed by atoms with Crippen LogP contribution in [0.25, 0.3) is 0 Å². The minimum atomic E-state index is -3.68. The number of benzene rings is 1. The van der Waals surface area contributed by atoms with Gasteiger partial charge in [0, 0.05) is 6.04 Å². The lowest BCUT2D eigenvalue weighted by molar-refractivity contribution is -0.121. The van der Waals surface area contributed by atoms with E-state index in [1.54, 1.807) is 12.1 Å². The topological polar surface area (TPSA) is 89.3 Å². The second-order valence-corrected chi connectivity index (χ2v) is 8.62. The number of fused-ring (bicyclic) bond motifs is 2. The fourth-order valence-electron chi connectivity index (χ4n) is 4.30. The van der Waals surface area contributed by atoms with Crippen LogP contribution < -0.4 is 10.5 Å². The molecule has 3 rings (SSSR count). The van der Waals surface area contributed by atoms with Crippen LogP contribution in [-0.2, 0) is 21.2 Å². The summed E-state index contributed by atoms with van der Waals surface area (Å²) >= 11 is 0. The van der Waals surface area contributed by atoms with Crippen LogP contribution in [0.15, 0.2) is 29.2 Å². The summed E-state index contributed by atoms with van der Waals surface area (Å²) in [6.45, 7) is 2.10. The summed E-state index contributed by atoms with van der Waals surface area (Å²) in [6.07, 6.45) is 5.51. The van der Waals surface area contributed by atoms with Crippen molar-refractivity contribution in [1.29, 1.82) is 0 Å². The Balaban J connectivity index is 1.55. The fraction of sp³-hybridized carbons (Fsp3) is 0.588. The fourth-order valence-corrected chi connectivity index (χ4v) is 4.82. The zero-order chi connectivity index (χ0) is 16.6. The van der Waals surface area contributed by atoms with Gasteiger partial charge in [0.05, 0.1) is 11.3 Å². The van der Waals surface area contributed by atoms with Gasteiger partial charge in [0.25, 0.3) is 0 Å². The quantitative estimate of drug-likeness (QED) is 0.859. The lowest BCUT2D eigenvalue weighted by Crippen LogP contribution is -2.40. The number of carbonyl (C=O) groups is 1. The van der Waals surface area contributed by atoms with Gasteiger partial charge < -0.3 is 5.32 Å². The number of nitrogens with one attached hydrogen (secondary N) is 1. The first-order chi connectivity index (χ1) is 10.8. The third-order valence-electron chi connectivity index (χ3n) is 5.44. The zero-order valence-electron chi connectivity index (χ0n) is 13.4. The van der Waals surface area contributed by atoms with Gasteiger partial charge in [0.1, 0.15) is 0 Å². The van der Waals surface area contributed by atoms with E-state index in [1.165, 1.54) is 37.8 Å². The first kappa shape index (κ1) is 16.5. The van der Waals surface area contributed by atoms with E-state index in [4.69, 9.17) is 5.14 Å². The standard InChI is InChI=1S/C17H24N2O3S/c1-11(16-9-13-2-5-14(16)8-13)19-17(20)10-12-3-6-15(7-4-12)23(18,21)22/h3-4,6-7,11,13-14,16H,2,5,8-10H2,1H3,(H,19,20)(H2,18,21,22)/t11-,13-,14-,16+/m0/s1. The third-order valence-corrected chi connectivity index (χ3v) is 6.37. The highest BCUT2D eigenvalue weighted by atomic mass is 32.2. The van der Waals surface area contributed by atoms with E-state index in [0.29, 0.717) is 5.92 Å². The molecule has 2 aliphatic carbocycles. The Morgan fingerprint density at radius 3 is 2.48 bits per heavy atom. The summed E-state index contributed by atoms with van der Waals surface area (Å²) in [7, 11) is -3.68. The van der Waals surface area contributed by atoms with Crippen LogP contribution >= 0.6 is 0 Å². The number of hydrogen-bond acceptors (Lipinski definition) is 3. The van der Waals surface area contributed by atoms with Crippen molar-refractivity contribution >= 4 is 15.9 Å². The van der Waals surface area contributed by atoms with Gasteiger partial charge in [-0.2, -0.15) is 0 Å². The highest BCUT2D eigenvalue weighted by Gasteiger charge is 2.42. The van der Waals surface area contributed by atoms with Crippen LogP contribution in [0.1, 0.15) is 38.2 Å². The van der Waals surface area contributed by atoms with E-state index in [1.807, 2.05) is 0 Å². The molecule has 0 heterocycles. The molecule has 0 unspecified atom stereocenters. The molecule has 0 radical (unpaired) electrons. The smallest absolute Gasteiger partial charge is 0.238 e. The minimum absolute atomic E-state index is 0.0105. The van der Waals surface area contributed by atoms with Gasteiger partial charge in [0.15, 0.2) is 0 Å². The molecule has 5 nitrogen and oxygen atoms in total. The number of nitrogens with two attached hydrogens (primary N) is 1. The minimum Gasteiger partial charge on any atom is -0.353 e. The lowest BCUT2D eigenvalue weighted by atomic mass is 9.84. The molecular weight excluding hydrogens is 312 g/mol. The number of rotatable bonds is 5. The molecule has 4 atom stereocenters. The SMILES string of the molecule is C[C@H](NC(=O)Cc1ccc(S(N)(=O)=O)cc1)[C@H]1C[C@H]2CC[C@H]1C2. The first-order valence-electron chi connectivity index (χ1n) is 8.24. The number of sulfonamides is 1. The second kappa shape index (κ2) is 6.24. The van der Waals surface area contributed by atoms with Gasteiger partial charge in [-0.3, -0.25) is 4.79 Å². The van der Waals surface area contributed by atoms with Crippen molar-refractivity contribution in [1.82, 2.24) is 5.32 Å². The van der Waals surface area contributed by atoms with Crippen LogP contribution in [0.5, 0.6) is 0 Å². The predicted molar refractivity (Wildman–Crippen MR) is 88.1 cm³/mol. The van der Waals surface area contributed by atoms with Gasteiger partial charge in [0.2, 0.25) is 15.9 Å². The van der Waals surface area contributed by atoms with Crippen molar-refractivity contribution in [2.75, 3.05) is 0 Å². The highest BCUT2D eigenvalue weighted by molar-refractivity contribution is 7.89. The number of amides is 1. The van der Waals surface area contributed by atoms with Gasteiger partial charge in [-0.05, 0) is 61.6 Å². The number of hydrogen-bond donors (Lipinski definition) is 2. The van der Waals surface area contributed by atoms with E-state index in [0.717, 1.165) is 17.4 Å². The van der Waals surface area contributed by atoms with Gasteiger partial charge in [-0.1, -0.05) is 18.6 Å². The largest absolute Gasteiger partial charge is 0.353 e. The van der Waals surface area contributed by atoms with Crippen molar-refractivity contribution in [3.05, 3.63) is 29.8 Å². The van der Waals surface area contributed by atoms with Crippen molar-refractivity contribution in [3.63, 3.8) is 0 Å². The Kier molecular flexibility index (Phi) is 4.47. The molecule has 2 aliphatic rings. The Labute approximate surface area is 137 Å². The number of primary sulfonamides is 1. The maximum absolute atomic E-state index is 12.2. The summed E-state index contributed by atoms with van der Waals surface area (Å²) in [5.41, 5.74) is 0.787. The molecule has 1 aromatic carbocycles. The Morgan fingerprint density at radius 1 is 1.26 bits per heavy atom. The summed E-state index contributed by atoms with van der Waals surface area (Å²) in [4.78, 5) is 12.3. The lowest BCUT2D eigenvalue weighted by Gasteiger charge is -2.28. The van der Waals surface area contributed by atoms with Crippen molar-refractivity contribution < 1.29 is 13.2 Å². The van der Waals surface area contributed by atoms with E-state index in [9.17, 15) is 13.2 Å². The maximum Gasteiger partial charge on any atom is 0.238 e. The Bertz CT molecular complexity index is 684. The maximum atomic E-state index is 12.2. The molecule has 6 heteroatoms. The van der Waals surface area contributed by atoms with Crippen LogP contribution in [0.4, 0.5) is 0 Å². The molecule has 2 fully saturated rings. The van der Waals surface area contributed by atoms with Crippen molar-refractivity contribution in [3.8, 4) is 0 Å². The Hall–Kier alpha value is -1.40. The van der Waals surface area contributed by atoms with Gasteiger partial charge >= 0.3 is 0 Å². The molecule has 1 amide bonds. The second-order valence-electron chi connectivity index (χ2n) is 7.06. The van der Waals surface area contributed by atoms with Gasteiger partial charge in [-0.25, -0.2) is 13.6 Å². The molecule has 2 bridgehead atoms. The van der Waals surface area contributed by atoms with Crippen LogP contribution in [-0.4, -0.2) is 20.4 Å². The molecular formula is C17H24N2O3S. The van der Waals surface area contributed by atoms with E-state index in [2.05, 4.69) is 12.2 Å². The van der Waals surface area contributed by atoms with Crippen molar-refractivity contribution in [2.45, 2.75) is 50.0 Å². The van der Waals surface area contributed by atoms with Crippen LogP contribution in [0, 0.1) is 17.8 Å². The molecule has 126 valence electrons. The molecule has 0 saturated heterocycles. The summed E-state index contributed by atoms with van der Waals surface area (Å²) in [5.74, 6) is 2.26. The number of carbonyl (C=O) groups excluding carboxylic acids is 1. The molecule has 1 aromatic rings. The van der Waals surface area contributed by atoms with E-state index < -0.39 is 10.0 Å². The van der Waals surface area contributed by atoms with Crippen molar-refractivity contribution in [2.24, 2.45) is 22.9 Å². The highest BCUT2D eigenvalue weighted by Crippen LogP contribution is 2.49. The average Bonchev–Trinajstić information content (AvgIpc) is 3.09. The molecule has 2 saturated carbocycles. The predicted octanol–water partition coefficient (Wildman–Crippen LogP) is 1.82. The zero-order valence-corrected chi connectivity index (χ0v) is 14.2. The Morgan fingerprint density at radius 2 is 1.96 bits per heavy atom. The monoisotopic (exact) mass is 336 g/mol. The molecule has 3 N–H and O–H groups in total. The first-order valence-corrected chi connectivity index (χ1v) is 9.78.